The van der Waals surface area contributed by atoms with Crippen molar-refractivity contribution in [3.63, 3.8) is 0 Å². The Hall–Kier alpha value is -1.50. The molecule has 3 heteroatoms. The predicted molar refractivity (Wildman–Crippen MR) is 80.9 cm³/mol. The second-order valence-corrected chi connectivity index (χ2v) is 4.47. The van der Waals surface area contributed by atoms with Crippen LogP contribution in [-0.4, -0.2) is 31.5 Å². The number of rotatable bonds is 9. The van der Waals surface area contributed by atoms with Crippen molar-refractivity contribution >= 4 is 0 Å². The summed E-state index contributed by atoms with van der Waals surface area (Å²) in [4.78, 5) is 0. The molecule has 110 valence electrons. The van der Waals surface area contributed by atoms with Gasteiger partial charge in [0.1, 0.15) is 12.4 Å². The lowest BCUT2D eigenvalue weighted by atomic mass is 10.2. The summed E-state index contributed by atoms with van der Waals surface area (Å²) in [5, 5.41) is 8.64. The van der Waals surface area contributed by atoms with Gasteiger partial charge in [0.25, 0.3) is 0 Å². The van der Waals surface area contributed by atoms with E-state index in [1.54, 1.807) is 0 Å². The summed E-state index contributed by atoms with van der Waals surface area (Å²) in [6.45, 7) is 4.30. The average Bonchev–Trinajstić information content (AvgIpc) is 2.48. The van der Waals surface area contributed by atoms with E-state index in [2.05, 4.69) is 18.8 Å². The number of aliphatic hydroxyl groups is 1. The van der Waals surface area contributed by atoms with Crippen molar-refractivity contribution in [1.82, 2.24) is 0 Å². The second kappa shape index (κ2) is 11.3. The zero-order chi connectivity index (χ0) is 14.5. The molecule has 0 saturated heterocycles. The van der Waals surface area contributed by atoms with Crippen LogP contribution in [0.3, 0.4) is 0 Å². The van der Waals surface area contributed by atoms with Gasteiger partial charge in [-0.1, -0.05) is 31.6 Å². The van der Waals surface area contributed by atoms with Gasteiger partial charge in [0.15, 0.2) is 0 Å². The Morgan fingerprint density at radius 3 is 2.55 bits per heavy atom. The van der Waals surface area contributed by atoms with Crippen molar-refractivity contribution in [3.05, 3.63) is 29.8 Å². The summed E-state index contributed by atoms with van der Waals surface area (Å²) in [6, 6.07) is 7.64. The van der Waals surface area contributed by atoms with Gasteiger partial charge in [-0.05, 0) is 30.7 Å². The van der Waals surface area contributed by atoms with Gasteiger partial charge in [0.2, 0.25) is 0 Å². The number of aliphatic hydroxyl groups excluding tert-OH is 1. The fourth-order valence-corrected chi connectivity index (χ4v) is 1.63. The molecule has 1 aromatic carbocycles. The van der Waals surface area contributed by atoms with E-state index >= 15 is 0 Å². The van der Waals surface area contributed by atoms with Crippen LogP contribution in [0.2, 0.25) is 0 Å². The molecule has 0 unspecified atom stereocenters. The zero-order valence-corrected chi connectivity index (χ0v) is 12.2. The largest absolute Gasteiger partial charge is 0.491 e. The number of ether oxygens (including phenoxy) is 2. The van der Waals surface area contributed by atoms with Gasteiger partial charge in [-0.15, -0.1) is 0 Å². The minimum atomic E-state index is 0.104. The molecule has 0 heterocycles. The molecule has 0 saturated carbocycles. The summed E-state index contributed by atoms with van der Waals surface area (Å²) in [5.41, 5.74) is 0.932. The Morgan fingerprint density at radius 2 is 1.85 bits per heavy atom. The molecule has 0 aliphatic rings. The summed E-state index contributed by atoms with van der Waals surface area (Å²) < 4.78 is 11.1. The molecule has 0 bridgehead atoms. The fourth-order valence-electron chi connectivity index (χ4n) is 1.63. The highest BCUT2D eigenvalue weighted by Crippen LogP contribution is 2.11. The van der Waals surface area contributed by atoms with Gasteiger partial charge in [0.05, 0.1) is 13.2 Å². The van der Waals surface area contributed by atoms with E-state index in [4.69, 9.17) is 14.6 Å². The molecule has 0 spiro atoms. The molecule has 0 amide bonds. The van der Waals surface area contributed by atoms with Crippen LogP contribution in [-0.2, 0) is 4.74 Å². The molecule has 20 heavy (non-hydrogen) atoms. The Bertz CT molecular complexity index is 400. The van der Waals surface area contributed by atoms with Crippen LogP contribution >= 0.6 is 0 Å². The third-order valence-corrected chi connectivity index (χ3v) is 2.71. The van der Waals surface area contributed by atoms with E-state index in [0.717, 1.165) is 24.3 Å². The lowest BCUT2D eigenvalue weighted by molar-refractivity contribution is 0.0973. The molecule has 0 aliphatic heterocycles. The Kier molecular flexibility index (Phi) is 9.38. The smallest absolute Gasteiger partial charge is 0.119 e. The van der Waals surface area contributed by atoms with Crippen molar-refractivity contribution in [1.29, 1.82) is 0 Å². The molecule has 0 aliphatic carbocycles. The molecule has 3 nitrogen and oxygen atoms in total. The highest BCUT2D eigenvalue weighted by atomic mass is 16.5. The summed E-state index contributed by atoms with van der Waals surface area (Å²) in [5.74, 6) is 6.69. The van der Waals surface area contributed by atoms with Crippen LogP contribution in [0.15, 0.2) is 24.3 Å². The maximum Gasteiger partial charge on any atom is 0.119 e. The normalized spacial score (nSPS) is 9.90. The molecule has 0 fully saturated rings. The first-order chi connectivity index (χ1) is 9.86. The highest BCUT2D eigenvalue weighted by molar-refractivity contribution is 5.38. The molecule has 0 radical (unpaired) electrons. The maximum absolute atomic E-state index is 8.64. The number of hydrogen-bond donors (Lipinski definition) is 1. The first-order valence-electron chi connectivity index (χ1n) is 7.27. The fraction of sp³-hybridized carbons (Fsp3) is 0.529. The average molecular weight is 276 g/mol. The monoisotopic (exact) mass is 276 g/mol. The third kappa shape index (κ3) is 7.83. The van der Waals surface area contributed by atoms with E-state index in [9.17, 15) is 0 Å². The Morgan fingerprint density at radius 1 is 1.05 bits per heavy atom. The van der Waals surface area contributed by atoms with E-state index < -0.39 is 0 Å². The van der Waals surface area contributed by atoms with Crippen LogP contribution in [0.25, 0.3) is 0 Å². The van der Waals surface area contributed by atoms with Gasteiger partial charge in [-0.25, -0.2) is 0 Å². The number of benzene rings is 1. The van der Waals surface area contributed by atoms with Gasteiger partial charge in [-0.2, -0.15) is 0 Å². The molecule has 1 rings (SSSR count). The zero-order valence-electron chi connectivity index (χ0n) is 12.2. The van der Waals surface area contributed by atoms with E-state index in [-0.39, 0.29) is 6.61 Å². The standard InChI is InChI=1S/C17H24O3/c1-2-3-6-13-19-14-15-20-17-10-8-16(9-11-17)7-4-5-12-18/h8-11,18H,2-3,5-6,12-15H2,1H3. The number of hydrogen-bond acceptors (Lipinski definition) is 3. The molecule has 1 aromatic rings. The number of unbranched alkanes of at least 4 members (excludes halogenated alkanes) is 2. The van der Waals surface area contributed by atoms with E-state index in [0.29, 0.717) is 19.6 Å². The van der Waals surface area contributed by atoms with Crippen LogP contribution in [0.4, 0.5) is 0 Å². The summed E-state index contributed by atoms with van der Waals surface area (Å²) >= 11 is 0. The highest BCUT2D eigenvalue weighted by Gasteiger charge is 1.94. The lowest BCUT2D eigenvalue weighted by Crippen LogP contribution is -2.07. The summed E-state index contributed by atoms with van der Waals surface area (Å²) in [6.07, 6.45) is 4.07. The van der Waals surface area contributed by atoms with Crippen molar-refractivity contribution in [2.45, 2.75) is 32.6 Å². The molecular weight excluding hydrogens is 252 g/mol. The van der Waals surface area contributed by atoms with E-state index in [1.165, 1.54) is 12.8 Å². The van der Waals surface area contributed by atoms with Gasteiger partial charge in [-0.3, -0.25) is 0 Å². The molecule has 1 N–H and O–H groups in total. The SMILES string of the molecule is CCCCCOCCOc1ccc(C#CCCO)cc1. The predicted octanol–water partition coefficient (Wildman–Crippen LogP) is 3.01. The maximum atomic E-state index is 8.64. The first kappa shape index (κ1) is 16.6. The van der Waals surface area contributed by atoms with Crippen molar-refractivity contribution < 1.29 is 14.6 Å². The second-order valence-electron chi connectivity index (χ2n) is 4.47. The molecule has 0 atom stereocenters. The minimum Gasteiger partial charge on any atom is -0.491 e. The first-order valence-corrected chi connectivity index (χ1v) is 7.27. The quantitative estimate of drug-likeness (QED) is 0.556. The van der Waals surface area contributed by atoms with Crippen molar-refractivity contribution in [3.8, 4) is 17.6 Å². The van der Waals surface area contributed by atoms with Gasteiger partial charge in [0, 0.05) is 18.6 Å². The Balaban J connectivity index is 2.17. The van der Waals surface area contributed by atoms with Crippen LogP contribution in [0.5, 0.6) is 5.75 Å². The molecule has 0 aromatic heterocycles. The van der Waals surface area contributed by atoms with Crippen LogP contribution < -0.4 is 4.74 Å². The van der Waals surface area contributed by atoms with Crippen molar-refractivity contribution in [2.75, 3.05) is 26.4 Å². The Labute approximate surface area is 121 Å². The topological polar surface area (TPSA) is 38.7 Å². The van der Waals surface area contributed by atoms with Crippen molar-refractivity contribution in [2.24, 2.45) is 0 Å². The van der Waals surface area contributed by atoms with Crippen LogP contribution in [0.1, 0.15) is 38.2 Å². The third-order valence-electron chi connectivity index (χ3n) is 2.71. The van der Waals surface area contributed by atoms with Gasteiger partial charge < -0.3 is 14.6 Å². The molecular formula is C17H24O3. The van der Waals surface area contributed by atoms with E-state index in [1.807, 2.05) is 24.3 Å². The van der Waals surface area contributed by atoms with Gasteiger partial charge >= 0.3 is 0 Å². The lowest BCUT2D eigenvalue weighted by Gasteiger charge is -2.07. The van der Waals surface area contributed by atoms with Crippen LogP contribution in [0, 0.1) is 11.8 Å². The summed E-state index contributed by atoms with van der Waals surface area (Å²) in [7, 11) is 0. The minimum absolute atomic E-state index is 0.104.